The summed E-state index contributed by atoms with van der Waals surface area (Å²) in [6, 6.07) is 5.05. The summed E-state index contributed by atoms with van der Waals surface area (Å²) in [7, 11) is -3.81. The van der Waals surface area contributed by atoms with Gasteiger partial charge < -0.3 is 0 Å². The predicted octanol–water partition coefficient (Wildman–Crippen LogP) is 3.19. The monoisotopic (exact) mass is 379 g/mol. The lowest BCUT2D eigenvalue weighted by Crippen LogP contribution is -2.47. The molecule has 2 aromatic rings. The third kappa shape index (κ3) is 3.08. The lowest BCUT2D eigenvalue weighted by molar-refractivity contribution is -0.118. The zero-order valence-electron chi connectivity index (χ0n) is 14.5. The first kappa shape index (κ1) is 18.0. The second-order valence-corrected chi connectivity index (χ2v) is 9.97. The van der Waals surface area contributed by atoms with Gasteiger partial charge in [-0.05, 0) is 56.9 Å². The summed E-state index contributed by atoms with van der Waals surface area (Å²) in [6.45, 7) is 5.59. The maximum Gasteiger partial charge on any atom is 0.248 e. The van der Waals surface area contributed by atoms with E-state index in [1.165, 1.54) is 11.3 Å². The summed E-state index contributed by atoms with van der Waals surface area (Å²) >= 11 is 1.24. The molecule has 8 heteroatoms. The van der Waals surface area contributed by atoms with Crippen LogP contribution in [-0.4, -0.2) is 29.3 Å². The minimum atomic E-state index is -3.81. The van der Waals surface area contributed by atoms with E-state index in [0.29, 0.717) is 35.8 Å². The Morgan fingerprint density at radius 2 is 1.80 bits per heavy atom. The van der Waals surface area contributed by atoms with Gasteiger partial charge in [0.2, 0.25) is 11.0 Å². The fourth-order valence-corrected chi connectivity index (χ4v) is 5.97. The highest BCUT2D eigenvalue weighted by Crippen LogP contribution is 2.41. The van der Waals surface area contributed by atoms with Crippen molar-refractivity contribution in [2.24, 2.45) is 0 Å². The molecule has 0 saturated heterocycles. The Balaban J connectivity index is 2.01. The fraction of sp³-hybridized carbons (Fsp3) is 0.471. The molecule has 0 bridgehead atoms. The number of hydrogen-bond donors (Lipinski definition) is 1. The number of nitrogens with zero attached hydrogens (tertiary/aromatic N) is 2. The highest BCUT2D eigenvalue weighted by molar-refractivity contribution is 7.93. The Morgan fingerprint density at radius 1 is 1.12 bits per heavy atom. The first-order chi connectivity index (χ1) is 11.8. The maximum absolute atomic E-state index is 13.4. The Hall–Kier alpha value is -1.80. The number of amides is 1. The molecule has 0 unspecified atom stereocenters. The SMILES string of the molecule is Cc1nnc(NC(=O)C2(S(=O)(=O)c3ccc(C)c(C)c3)CCCC2)s1. The van der Waals surface area contributed by atoms with Crippen LogP contribution in [0, 0.1) is 20.8 Å². The van der Waals surface area contributed by atoms with Gasteiger partial charge in [-0.15, -0.1) is 10.2 Å². The average molecular weight is 380 g/mol. The summed E-state index contributed by atoms with van der Waals surface area (Å²) in [4.78, 5) is 13.2. The van der Waals surface area contributed by atoms with Crippen LogP contribution in [0.25, 0.3) is 0 Å². The third-order valence-corrected chi connectivity index (χ3v) is 8.13. The Bertz CT molecular complexity index is 913. The van der Waals surface area contributed by atoms with Crippen LogP contribution in [0.4, 0.5) is 5.13 Å². The lowest BCUT2D eigenvalue weighted by Gasteiger charge is -2.27. The van der Waals surface area contributed by atoms with Crippen LogP contribution in [0.15, 0.2) is 23.1 Å². The molecular weight excluding hydrogens is 358 g/mol. The van der Waals surface area contributed by atoms with Gasteiger partial charge in [0.05, 0.1) is 4.90 Å². The molecule has 3 rings (SSSR count). The molecule has 1 N–H and O–H groups in total. The molecule has 0 atom stereocenters. The average Bonchev–Trinajstić information content (AvgIpc) is 3.20. The molecule has 1 aliphatic carbocycles. The van der Waals surface area contributed by atoms with Gasteiger partial charge >= 0.3 is 0 Å². The number of carbonyl (C=O) groups is 1. The number of aryl methyl sites for hydroxylation is 3. The standard InChI is InChI=1S/C17H21N3O3S2/c1-11-6-7-14(10-12(11)2)25(22,23)17(8-4-5-9-17)15(21)18-16-20-19-13(3)24-16/h6-7,10H,4-5,8-9H2,1-3H3,(H,18,20,21). The van der Waals surface area contributed by atoms with E-state index in [0.717, 1.165) is 11.1 Å². The van der Waals surface area contributed by atoms with E-state index in [1.54, 1.807) is 25.1 Å². The van der Waals surface area contributed by atoms with Gasteiger partial charge in [0.1, 0.15) is 5.01 Å². The van der Waals surface area contributed by atoms with Crippen molar-refractivity contribution in [1.82, 2.24) is 10.2 Å². The van der Waals surface area contributed by atoms with Gasteiger partial charge in [-0.1, -0.05) is 30.2 Å². The van der Waals surface area contributed by atoms with E-state index in [4.69, 9.17) is 0 Å². The van der Waals surface area contributed by atoms with Crippen LogP contribution in [0.5, 0.6) is 0 Å². The fourth-order valence-electron chi connectivity index (χ4n) is 3.23. The molecule has 1 aromatic carbocycles. The number of sulfone groups is 1. The van der Waals surface area contributed by atoms with Crippen LogP contribution in [0.2, 0.25) is 0 Å². The van der Waals surface area contributed by atoms with Crippen molar-refractivity contribution in [1.29, 1.82) is 0 Å². The van der Waals surface area contributed by atoms with Crippen LogP contribution in [0.3, 0.4) is 0 Å². The number of carbonyl (C=O) groups excluding carboxylic acids is 1. The smallest absolute Gasteiger partial charge is 0.248 e. The lowest BCUT2D eigenvalue weighted by atomic mass is 10.1. The van der Waals surface area contributed by atoms with Crippen LogP contribution in [-0.2, 0) is 14.6 Å². The van der Waals surface area contributed by atoms with Gasteiger partial charge in [0, 0.05) is 0 Å². The zero-order valence-corrected chi connectivity index (χ0v) is 16.1. The third-order valence-electron chi connectivity index (χ3n) is 4.87. The largest absolute Gasteiger partial charge is 0.299 e. The second-order valence-electron chi connectivity index (χ2n) is 6.53. The van der Waals surface area contributed by atoms with Crippen molar-refractivity contribution < 1.29 is 13.2 Å². The van der Waals surface area contributed by atoms with Crippen LogP contribution < -0.4 is 5.32 Å². The number of nitrogens with one attached hydrogen (secondary N) is 1. The number of rotatable bonds is 4. The minimum absolute atomic E-state index is 0.209. The molecule has 1 amide bonds. The molecule has 25 heavy (non-hydrogen) atoms. The van der Waals surface area contributed by atoms with Gasteiger partial charge in [0.15, 0.2) is 14.6 Å². The second kappa shape index (κ2) is 6.49. The Labute approximate surface area is 151 Å². The number of anilines is 1. The van der Waals surface area contributed by atoms with E-state index in [2.05, 4.69) is 15.5 Å². The number of aromatic nitrogens is 2. The predicted molar refractivity (Wildman–Crippen MR) is 97.6 cm³/mol. The van der Waals surface area contributed by atoms with E-state index >= 15 is 0 Å². The number of benzene rings is 1. The highest BCUT2D eigenvalue weighted by atomic mass is 32.2. The molecule has 1 aromatic heterocycles. The summed E-state index contributed by atoms with van der Waals surface area (Å²) in [5, 5.41) is 11.5. The van der Waals surface area contributed by atoms with Crippen molar-refractivity contribution in [3.8, 4) is 0 Å². The van der Waals surface area contributed by atoms with Gasteiger partial charge in [0.25, 0.3) is 0 Å². The molecule has 0 aliphatic heterocycles. The summed E-state index contributed by atoms with van der Waals surface area (Å²) < 4.78 is 25.3. The van der Waals surface area contributed by atoms with E-state index in [1.807, 2.05) is 13.8 Å². The molecule has 1 fully saturated rings. The molecule has 1 aliphatic rings. The molecule has 6 nitrogen and oxygen atoms in total. The minimum Gasteiger partial charge on any atom is -0.299 e. The van der Waals surface area contributed by atoms with Gasteiger partial charge in [-0.25, -0.2) is 8.42 Å². The Morgan fingerprint density at radius 3 is 2.36 bits per heavy atom. The van der Waals surface area contributed by atoms with E-state index in [-0.39, 0.29) is 4.90 Å². The molecule has 134 valence electrons. The van der Waals surface area contributed by atoms with Crippen molar-refractivity contribution >= 4 is 32.2 Å². The maximum atomic E-state index is 13.4. The van der Waals surface area contributed by atoms with Crippen molar-refractivity contribution in [2.45, 2.75) is 56.1 Å². The van der Waals surface area contributed by atoms with Gasteiger partial charge in [-0.3, -0.25) is 10.1 Å². The first-order valence-electron chi connectivity index (χ1n) is 8.20. The summed E-state index contributed by atoms with van der Waals surface area (Å²) in [6.07, 6.45) is 2.08. The van der Waals surface area contributed by atoms with E-state index in [9.17, 15) is 13.2 Å². The number of hydrogen-bond acceptors (Lipinski definition) is 6. The van der Waals surface area contributed by atoms with Crippen molar-refractivity contribution in [3.05, 3.63) is 34.3 Å². The topological polar surface area (TPSA) is 89.0 Å². The van der Waals surface area contributed by atoms with Crippen molar-refractivity contribution in [2.75, 3.05) is 5.32 Å². The zero-order chi connectivity index (χ0) is 18.2. The summed E-state index contributed by atoms with van der Waals surface area (Å²) in [5.74, 6) is -0.501. The highest BCUT2D eigenvalue weighted by Gasteiger charge is 2.53. The van der Waals surface area contributed by atoms with Crippen LogP contribution >= 0.6 is 11.3 Å². The van der Waals surface area contributed by atoms with Crippen molar-refractivity contribution in [3.63, 3.8) is 0 Å². The first-order valence-corrected chi connectivity index (χ1v) is 10.5. The molecule has 0 spiro atoms. The summed E-state index contributed by atoms with van der Waals surface area (Å²) in [5.41, 5.74) is 1.92. The molecular formula is C17H21N3O3S2. The quantitative estimate of drug-likeness (QED) is 0.881. The van der Waals surface area contributed by atoms with Gasteiger partial charge in [-0.2, -0.15) is 0 Å². The normalized spacial score (nSPS) is 16.8. The molecule has 1 saturated carbocycles. The van der Waals surface area contributed by atoms with E-state index < -0.39 is 20.5 Å². The molecule has 0 radical (unpaired) electrons. The Kier molecular flexibility index (Phi) is 4.68. The van der Waals surface area contributed by atoms with Crippen LogP contribution in [0.1, 0.15) is 41.8 Å². The molecule has 1 heterocycles.